The Balaban J connectivity index is 1.88. The molecule has 186 valence electrons. The molecule has 0 N–H and O–H groups in total. The van der Waals surface area contributed by atoms with E-state index < -0.39 is 10.0 Å². The van der Waals surface area contributed by atoms with Crippen molar-refractivity contribution in [3.8, 4) is 17.2 Å². The highest BCUT2D eigenvalue weighted by Gasteiger charge is 2.30. The number of rotatable bonds is 10. The van der Waals surface area contributed by atoms with E-state index in [1.54, 1.807) is 18.1 Å². The van der Waals surface area contributed by atoms with E-state index in [4.69, 9.17) is 18.9 Å². The Hall–Kier alpha value is -2.82. The van der Waals surface area contributed by atoms with Crippen molar-refractivity contribution in [3.05, 3.63) is 47.5 Å². The van der Waals surface area contributed by atoms with Crippen LogP contribution >= 0.6 is 0 Å². The number of amides is 1. The molecule has 3 rings (SSSR count). The average Bonchev–Trinajstić information content (AvgIpc) is 2.87. The molecule has 9 nitrogen and oxygen atoms in total. The van der Waals surface area contributed by atoms with Crippen molar-refractivity contribution in [1.82, 2.24) is 9.21 Å². The van der Waals surface area contributed by atoms with Crippen molar-refractivity contribution in [2.24, 2.45) is 0 Å². The van der Waals surface area contributed by atoms with E-state index >= 15 is 0 Å². The fourth-order valence-electron chi connectivity index (χ4n) is 3.75. The summed E-state index contributed by atoms with van der Waals surface area (Å²) in [6.07, 6.45) is 0. The molecule has 1 fully saturated rings. The molecule has 10 heteroatoms. The number of hydrogen-bond donors (Lipinski definition) is 0. The molecule has 1 saturated heterocycles. The van der Waals surface area contributed by atoms with Gasteiger partial charge in [0, 0.05) is 31.7 Å². The quantitative estimate of drug-likeness (QED) is 0.503. The third kappa shape index (κ3) is 5.63. The van der Waals surface area contributed by atoms with Crippen LogP contribution in [0, 0.1) is 0 Å². The van der Waals surface area contributed by atoms with Crippen molar-refractivity contribution in [2.75, 3.05) is 53.7 Å². The van der Waals surface area contributed by atoms with Gasteiger partial charge in [-0.1, -0.05) is 6.07 Å². The Labute approximate surface area is 201 Å². The van der Waals surface area contributed by atoms with E-state index in [1.165, 1.54) is 23.5 Å². The van der Waals surface area contributed by atoms with E-state index in [-0.39, 0.29) is 35.2 Å². The number of carbonyl (C=O) groups is 1. The number of sulfonamides is 1. The first kappa shape index (κ1) is 25.8. The molecule has 0 atom stereocenters. The van der Waals surface area contributed by atoms with Crippen molar-refractivity contribution >= 4 is 15.9 Å². The topological polar surface area (TPSA) is 94.6 Å². The SMILES string of the molecule is CCOc1ccc(CN(CC)C(=O)c2ccc(OC)c(S(=O)(=O)N3CCOCC3)c2)cc1OC. The van der Waals surface area contributed by atoms with Crippen molar-refractivity contribution in [1.29, 1.82) is 0 Å². The minimum Gasteiger partial charge on any atom is -0.495 e. The molecule has 1 aliphatic heterocycles. The molecule has 0 saturated carbocycles. The van der Waals surface area contributed by atoms with Crippen LogP contribution in [0.5, 0.6) is 17.2 Å². The second-order valence-electron chi connectivity index (χ2n) is 7.62. The lowest BCUT2D eigenvalue weighted by Gasteiger charge is -2.27. The molecule has 0 aromatic heterocycles. The van der Waals surface area contributed by atoms with E-state index in [9.17, 15) is 13.2 Å². The highest BCUT2D eigenvalue weighted by Crippen LogP contribution is 2.30. The molecule has 0 spiro atoms. The summed E-state index contributed by atoms with van der Waals surface area (Å²) < 4.78 is 49.4. The zero-order chi connectivity index (χ0) is 24.7. The first-order chi connectivity index (χ1) is 16.3. The third-order valence-corrected chi connectivity index (χ3v) is 7.49. The number of morpholine rings is 1. The van der Waals surface area contributed by atoms with Gasteiger partial charge < -0.3 is 23.8 Å². The fraction of sp³-hybridized carbons (Fsp3) is 0.458. The zero-order valence-corrected chi connectivity index (χ0v) is 20.9. The molecular formula is C24H32N2O7S. The van der Waals surface area contributed by atoms with E-state index in [0.29, 0.717) is 44.4 Å². The molecule has 0 bridgehead atoms. The average molecular weight is 493 g/mol. The van der Waals surface area contributed by atoms with Gasteiger partial charge in [-0.3, -0.25) is 4.79 Å². The summed E-state index contributed by atoms with van der Waals surface area (Å²) in [5.74, 6) is 1.14. The predicted molar refractivity (Wildman–Crippen MR) is 127 cm³/mol. The Kier molecular flexibility index (Phi) is 8.76. The summed E-state index contributed by atoms with van der Waals surface area (Å²) in [4.78, 5) is 15.0. The third-order valence-electron chi connectivity index (χ3n) is 5.57. The molecule has 34 heavy (non-hydrogen) atoms. The van der Waals surface area contributed by atoms with Crippen LogP contribution in [-0.2, 0) is 21.3 Å². The lowest BCUT2D eigenvalue weighted by atomic mass is 10.1. The van der Waals surface area contributed by atoms with Gasteiger partial charge in [-0.25, -0.2) is 8.42 Å². The van der Waals surface area contributed by atoms with Gasteiger partial charge >= 0.3 is 0 Å². The number of methoxy groups -OCH3 is 2. The highest BCUT2D eigenvalue weighted by molar-refractivity contribution is 7.89. The maximum atomic E-state index is 13.4. The Morgan fingerprint density at radius 1 is 1.00 bits per heavy atom. The molecule has 0 radical (unpaired) electrons. The summed E-state index contributed by atoms with van der Waals surface area (Å²) in [5.41, 5.74) is 1.14. The van der Waals surface area contributed by atoms with E-state index in [0.717, 1.165) is 5.56 Å². The second-order valence-corrected chi connectivity index (χ2v) is 9.53. The molecule has 0 aliphatic carbocycles. The number of hydrogen-bond acceptors (Lipinski definition) is 7. The van der Waals surface area contributed by atoms with Gasteiger partial charge in [0.2, 0.25) is 10.0 Å². The van der Waals surface area contributed by atoms with Crippen molar-refractivity contribution < 1.29 is 32.2 Å². The summed E-state index contributed by atoms with van der Waals surface area (Å²) in [6, 6.07) is 10.0. The summed E-state index contributed by atoms with van der Waals surface area (Å²) in [6.45, 7) is 6.22. The van der Waals surface area contributed by atoms with Gasteiger partial charge in [0.25, 0.3) is 5.91 Å². The first-order valence-corrected chi connectivity index (χ1v) is 12.6. The minimum absolute atomic E-state index is 0.0264. The van der Waals surface area contributed by atoms with Gasteiger partial charge in [-0.2, -0.15) is 4.31 Å². The molecule has 1 aliphatic rings. The van der Waals surface area contributed by atoms with Crippen LogP contribution in [-0.4, -0.2) is 77.2 Å². The summed E-state index contributed by atoms with van der Waals surface area (Å²) >= 11 is 0. The monoisotopic (exact) mass is 492 g/mol. The Morgan fingerprint density at radius 3 is 2.29 bits per heavy atom. The Bertz CT molecular complexity index is 1100. The number of carbonyl (C=O) groups excluding carboxylic acids is 1. The van der Waals surface area contributed by atoms with Crippen LogP contribution in [0.15, 0.2) is 41.3 Å². The maximum absolute atomic E-state index is 13.4. The smallest absolute Gasteiger partial charge is 0.254 e. The minimum atomic E-state index is -3.84. The first-order valence-electron chi connectivity index (χ1n) is 11.2. The van der Waals surface area contributed by atoms with Crippen LogP contribution in [0.25, 0.3) is 0 Å². The van der Waals surface area contributed by atoms with Gasteiger partial charge in [0.15, 0.2) is 11.5 Å². The molecule has 2 aromatic carbocycles. The zero-order valence-electron chi connectivity index (χ0n) is 20.1. The maximum Gasteiger partial charge on any atom is 0.254 e. The second kappa shape index (κ2) is 11.5. The molecular weight excluding hydrogens is 460 g/mol. The lowest BCUT2D eigenvalue weighted by Crippen LogP contribution is -2.40. The van der Waals surface area contributed by atoms with Crippen LogP contribution in [0.2, 0.25) is 0 Å². The lowest BCUT2D eigenvalue weighted by molar-refractivity contribution is 0.0728. The van der Waals surface area contributed by atoms with Gasteiger partial charge in [-0.15, -0.1) is 0 Å². The predicted octanol–water partition coefficient (Wildman–Crippen LogP) is 2.79. The van der Waals surface area contributed by atoms with E-state index in [2.05, 4.69) is 0 Å². The number of ether oxygens (including phenoxy) is 4. The van der Waals surface area contributed by atoms with Crippen LogP contribution in [0.4, 0.5) is 0 Å². The van der Waals surface area contributed by atoms with Crippen LogP contribution in [0.3, 0.4) is 0 Å². The Morgan fingerprint density at radius 2 is 1.68 bits per heavy atom. The van der Waals surface area contributed by atoms with Crippen molar-refractivity contribution in [3.63, 3.8) is 0 Å². The highest BCUT2D eigenvalue weighted by atomic mass is 32.2. The van der Waals surface area contributed by atoms with Gasteiger partial charge in [0.05, 0.1) is 34.0 Å². The normalized spacial score (nSPS) is 14.5. The summed E-state index contributed by atoms with van der Waals surface area (Å²) in [5, 5.41) is 0. The van der Waals surface area contributed by atoms with Crippen molar-refractivity contribution in [2.45, 2.75) is 25.3 Å². The molecule has 2 aromatic rings. The molecule has 0 unspecified atom stereocenters. The molecule has 1 amide bonds. The standard InChI is InChI=1S/C24H32N2O7S/c1-5-25(17-18-7-9-20(33-6-2)22(15-18)31-4)24(27)19-8-10-21(30-3)23(16-19)34(28,29)26-11-13-32-14-12-26/h7-10,15-16H,5-6,11-14,17H2,1-4H3. The molecule has 1 heterocycles. The largest absolute Gasteiger partial charge is 0.495 e. The fourth-order valence-corrected chi connectivity index (χ4v) is 5.34. The van der Waals surface area contributed by atoms with Crippen LogP contribution < -0.4 is 14.2 Å². The van der Waals surface area contributed by atoms with E-state index in [1.807, 2.05) is 32.0 Å². The van der Waals surface area contributed by atoms with Gasteiger partial charge in [0.1, 0.15) is 10.6 Å². The van der Waals surface area contributed by atoms with Gasteiger partial charge in [-0.05, 0) is 49.7 Å². The summed E-state index contributed by atoms with van der Waals surface area (Å²) in [7, 11) is -0.867. The van der Waals surface area contributed by atoms with Crippen LogP contribution in [0.1, 0.15) is 29.8 Å². The number of nitrogens with zero attached hydrogens (tertiary/aromatic N) is 2. The number of benzene rings is 2.